The van der Waals surface area contributed by atoms with Crippen LogP contribution in [0.15, 0.2) is 0 Å². The second kappa shape index (κ2) is 7.38. The molecule has 1 aliphatic carbocycles. The summed E-state index contributed by atoms with van der Waals surface area (Å²) >= 11 is 0. The zero-order valence-corrected chi connectivity index (χ0v) is 11.4. The molecule has 0 spiro atoms. The largest absolute Gasteiger partial charge is 0.381 e. The molecule has 1 saturated carbocycles. The molecule has 2 aliphatic rings. The van der Waals surface area contributed by atoms with Crippen LogP contribution < -0.4 is 5.32 Å². The molecule has 1 heterocycles. The Morgan fingerprint density at radius 1 is 0.824 bits per heavy atom. The van der Waals surface area contributed by atoms with Gasteiger partial charge in [-0.1, -0.05) is 32.1 Å². The van der Waals surface area contributed by atoms with Crippen molar-refractivity contribution in [1.29, 1.82) is 0 Å². The first-order chi connectivity index (χ1) is 8.42. The van der Waals surface area contributed by atoms with E-state index in [2.05, 4.69) is 12.4 Å². The smallest absolute Gasteiger partial charge is 0.0469 e. The van der Waals surface area contributed by atoms with Crippen LogP contribution in [0.1, 0.15) is 57.8 Å². The molecule has 17 heavy (non-hydrogen) atoms. The van der Waals surface area contributed by atoms with Gasteiger partial charge in [0.1, 0.15) is 0 Å². The molecule has 2 fully saturated rings. The maximum absolute atomic E-state index is 5.50. The Kier molecular flexibility index (Phi) is 5.79. The first-order valence-electron chi connectivity index (χ1n) is 7.67. The molecule has 1 unspecified atom stereocenters. The second-order valence-corrected chi connectivity index (χ2v) is 5.87. The van der Waals surface area contributed by atoms with Crippen LogP contribution >= 0.6 is 0 Å². The Hall–Kier alpha value is -0.0800. The van der Waals surface area contributed by atoms with Crippen LogP contribution in [0.4, 0.5) is 0 Å². The highest BCUT2D eigenvalue weighted by atomic mass is 16.5. The molecule has 0 aromatic heterocycles. The van der Waals surface area contributed by atoms with Crippen molar-refractivity contribution in [2.24, 2.45) is 11.8 Å². The van der Waals surface area contributed by atoms with E-state index in [0.29, 0.717) is 0 Å². The van der Waals surface area contributed by atoms with Gasteiger partial charge in [0.15, 0.2) is 0 Å². The summed E-state index contributed by atoms with van der Waals surface area (Å²) in [5.74, 6) is 1.78. The highest BCUT2D eigenvalue weighted by Gasteiger charge is 2.29. The van der Waals surface area contributed by atoms with E-state index in [1.165, 1.54) is 57.8 Å². The number of rotatable bonds is 3. The zero-order valence-electron chi connectivity index (χ0n) is 11.4. The van der Waals surface area contributed by atoms with Gasteiger partial charge < -0.3 is 10.1 Å². The molecular formula is C15H29NO. The topological polar surface area (TPSA) is 21.3 Å². The predicted molar refractivity (Wildman–Crippen MR) is 72.2 cm³/mol. The molecule has 2 rings (SSSR count). The van der Waals surface area contributed by atoms with Crippen molar-refractivity contribution in [3.63, 3.8) is 0 Å². The molecule has 2 nitrogen and oxygen atoms in total. The number of hydrogen-bond donors (Lipinski definition) is 1. The van der Waals surface area contributed by atoms with E-state index in [1.54, 1.807) is 0 Å². The molecule has 100 valence electrons. The SMILES string of the molecule is CNC(C1CCCCCCC1)C1CCOCC1. The first-order valence-corrected chi connectivity index (χ1v) is 7.67. The summed E-state index contributed by atoms with van der Waals surface area (Å²) in [5, 5.41) is 3.63. The fourth-order valence-corrected chi connectivity index (χ4v) is 3.78. The maximum atomic E-state index is 5.50. The van der Waals surface area contributed by atoms with Crippen LogP contribution in [0.3, 0.4) is 0 Å². The molecule has 0 aromatic carbocycles. The average molecular weight is 239 g/mol. The van der Waals surface area contributed by atoms with Gasteiger partial charge in [0.05, 0.1) is 0 Å². The van der Waals surface area contributed by atoms with E-state index in [0.717, 1.165) is 31.1 Å². The van der Waals surface area contributed by atoms with Crippen molar-refractivity contribution >= 4 is 0 Å². The Balaban J connectivity index is 1.89. The van der Waals surface area contributed by atoms with Crippen LogP contribution in [0, 0.1) is 11.8 Å². The minimum absolute atomic E-state index is 0.747. The van der Waals surface area contributed by atoms with E-state index in [4.69, 9.17) is 4.74 Å². The van der Waals surface area contributed by atoms with Gasteiger partial charge >= 0.3 is 0 Å². The van der Waals surface area contributed by atoms with E-state index in [1.807, 2.05) is 0 Å². The third-order valence-electron chi connectivity index (χ3n) is 4.76. The van der Waals surface area contributed by atoms with E-state index < -0.39 is 0 Å². The van der Waals surface area contributed by atoms with Crippen LogP contribution in [-0.2, 0) is 4.74 Å². The third-order valence-corrected chi connectivity index (χ3v) is 4.76. The molecule has 0 aromatic rings. The van der Waals surface area contributed by atoms with Gasteiger partial charge in [0.25, 0.3) is 0 Å². The highest BCUT2D eigenvalue weighted by Crippen LogP contribution is 2.31. The molecule has 2 heteroatoms. The van der Waals surface area contributed by atoms with Crippen LogP contribution in [-0.4, -0.2) is 26.3 Å². The molecule has 0 radical (unpaired) electrons. The Morgan fingerprint density at radius 2 is 1.35 bits per heavy atom. The lowest BCUT2D eigenvalue weighted by molar-refractivity contribution is 0.0431. The Bertz CT molecular complexity index is 193. The first kappa shape index (κ1) is 13.4. The molecule has 1 atom stereocenters. The lowest BCUT2D eigenvalue weighted by Gasteiger charge is -2.36. The Labute approximate surface area is 107 Å². The van der Waals surface area contributed by atoms with Crippen molar-refractivity contribution < 1.29 is 4.74 Å². The summed E-state index contributed by atoms with van der Waals surface area (Å²) in [6.07, 6.45) is 12.7. The van der Waals surface area contributed by atoms with Crippen molar-refractivity contribution in [1.82, 2.24) is 5.32 Å². The number of ether oxygens (including phenoxy) is 1. The monoisotopic (exact) mass is 239 g/mol. The molecule has 1 aliphatic heterocycles. The normalized spacial score (nSPS) is 27.4. The van der Waals surface area contributed by atoms with Gasteiger partial charge in [-0.2, -0.15) is 0 Å². The van der Waals surface area contributed by atoms with Gasteiger partial charge in [-0.25, -0.2) is 0 Å². The van der Waals surface area contributed by atoms with E-state index in [-0.39, 0.29) is 0 Å². The van der Waals surface area contributed by atoms with E-state index >= 15 is 0 Å². The second-order valence-electron chi connectivity index (χ2n) is 5.87. The number of hydrogen-bond acceptors (Lipinski definition) is 2. The number of nitrogens with one attached hydrogen (secondary N) is 1. The van der Waals surface area contributed by atoms with Crippen molar-refractivity contribution in [2.75, 3.05) is 20.3 Å². The maximum Gasteiger partial charge on any atom is 0.0469 e. The third kappa shape index (κ3) is 3.96. The van der Waals surface area contributed by atoms with Gasteiger partial charge in [-0.15, -0.1) is 0 Å². The summed E-state index contributed by atoms with van der Waals surface area (Å²) in [6.45, 7) is 1.96. The standard InChI is InChI=1S/C15H29NO/c1-16-15(14-9-11-17-12-10-14)13-7-5-3-2-4-6-8-13/h13-16H,2-12H2,1H3. The average Bonchev–Trinajstić information content (AvgIpc) is 2.34. The minimum Gasteiger partial charge on any atom is -0.381 e. The summed E-state index contributed by atoms with van der Waals surface area (Å²) in [5.41, 5.74) is 0. The lowest BCUT2D eigenvalue weighted by Crippen LogP contribution is -2.42. The fraction of sp³-hybridized carbons (Fsp3) is 1.00. The summed E-state index contributed by atoms with van der Waals surface area (Å²) in [4.78, 5) is 0. The van der Waals surface area contributed by atoms with Crippen molar-refractivity contribution in [2.45, 2.75) is 63.8 Å². The summed E-state index contributed by atoms with van der Waals surface area (Å²) in [6, 6.07) is 0.747. The summed E-state index contributed by atoms with van der Waals surface area (Å²) < 4.78 is 5.50. The molecule has 0 amide bonds. The minimum atomic E-state index is 0.747. The highest BCUT2D eigenvalue weighted by molar-refractivity contribution is 4.84. The van der Waals surface area contributed by atoms with Gasteiger partial charge in [0.2, 0.25) is 0 Å². The fourth-order valence-electron chi connectivity index (χ4n) is 3.78. The zero-order chi connectivity index (χ0) is 11.9. The van der Waals surface area contributed by atoms with Gasteiger partial charge in [-0.3, -0.25) is 0 Å². The molecular weight excluding hydrogens is 210 g/mol. The molecule has 0 bridgehead atoms. The van der Waals surface area contributed by atoms with E-state index in [9.17, 15) is 0 Å². The quantitative estimate of drug-likeness (QED) is 0.815. The van der Waals surface area contributed by atoms with Crippen LogP contribution in [0.25, 0.3) is 0 Å². The predicted octanol–water partition coefficient (Wildman–Crippen LogP) is 3.36. The Morgan fingerprint density at radius 3 is 1.94 bits per heavy atom. The van der Waals surface area contributed by atoms with Gasteiger partial charge in [-0.05, 0) is 44.6 Å². The molecule has 1 N–H and O–H groups in total. The van der Waals surface area contributed by atoms with Crippen molar-refractivity contribution in [3.8, 4) is 0 Å². The van der Waals surface area contributed by atoms with Crippen molar-refractivity contribution in [3.05, 3.63) is 0 Å². The lowest BCUT2D eigenvalue weighted by atomic mass is 9.77. The summed E-state index contributed by atoms with van der Waals surface area (Å²) in [7, 11) is 2.17. The van der Waals surface area contributed by atoms with Crippen LogP contribution in [0.5, 0.6) is 0 Å². The molecule has 1 saturated heterocycles. The van der Waals surface area contributed by atoms with Gasteiger partial charge in [0, 0.05) is 19.3 Å². The van der Waals surface area contributed by atoms with Crippen LogP contribution in [0.2, 0.25) is 0 Å².